The molecular weight excluding hydrogens is 370 g/mol. The van der Waals surface area contributed by atoms with Crippen molar-refractivity contribution in [1.82, 2.24) is 10.5 Å². The Morgan fingerprint density at radius 3 is 2.58 bits per heavy atom. The van der Waals surface area contributed by atoms with Crippen molar-refractivity contribution in [2.24, 2.45) is 0 Å². The van der Waals surface area contributed by atoms with E-state index in [0.717, 1.165) is 22.7 Å². The van der Waals surface area contributed by atoms with Crippen LogP contribution in [0.5, 0.6) is 0 Å². The number of nitrogens with one attached hydrogen (secondary N) is 2. The maximum atomic E-state index is 12.3. The van der Waals surface area contributed by atoms with E-state index >= 15 is 0 Å². The number of aromatic nitrogens is 1. The lowest BCUT2D eigenvalue weighted by atomic mass is 10.3. The van der Waals surface area contributed by atoms with Gasteiger partial charge in [0.1, 0.15) is 0 Å². The van der Waals surface area contributed by atoms with Crippen LogP contribution in [0, 0.1) is 0 Å². The van der Waals surface area contributed by atoms with Gasteiger partial charge < -0.3 is 0 Å². The van der Waals surface area contributed by atoms with Gasteiger partial charge in [-0.3, -0.25) is 14.7 Å². The van der Waals surface area contributed by atoms with Crippen LogP contribution in [0.3, 0.4) is 0 Å². The first-order valence-corrected chi connectivity index (χ1v) is 9.75. The first-order chi connectivity index (χ1) is 11.5. The lowest BCUT2D eigenvalue weighted by Crippen LogP contribution is -2.16. The van der Waals surface area contributed by atoms with Crippen molar-refractivity contribution in [2.45, 2.75) is 4.90 Å². The number of amides is 1. The monoisotopic (exact) mass is 381 g/mol. The minimum atomic E-state index is -3.69. The predicted molar refractivity (Wildman–Crippen MR) is 91.9 cm³/mol. The van der Waals surface area contributed by atoms with E-state index in [0.29, 0.717) is 15.4 Å². The Kier molecular flexibility index (Phi) is 4.62. The molecule has 0 bridgehead atoms. The fourth-order valence-corrected chi connectivity index (χ4v) is 4.78. The predicted octanol–water partition coefficient (Wildman–Crippen LogP) is 2.79. The molecule has 3 aromatic rings. The normalized spacial score (nSPS) is 11.2. The molecule has 0 saturated carbocycles. The van der Waals surface area contributed by atoms with Gasteiger partial charge in [-0.1, -0.05) is 18.2 Å². The minimum absolute atomic E-state index is 0.153. The first-order valence-electron chi connectivity index (χ1n) is 6.57. The summed E-state index contributed by atoms with van der Waals surface area (Å²) >= 11 is 2.29. The van der Waals surface area contributed by atoms with Crippen molar-refractivity contribution in [1.29, 1.82) is 0 Å². The molecule has 7 nitrogen and oxygen atoms in total. The molecule has 0 saturated heterocycles. The van der Waals surface area contributed by atoms with Gasteiger partial charge in [0.2, 0.25) is 0 Å². The van der Waals surface area contributed by atoms with Crippen LogP contribution in [0.2, 0.25) is 0 Å². The van der Waals surface area contributed by atoms with E-state index in [9.17, 15) is 13.2 Å². The Hall–Kier alpha value is -2.27. The number of sulfonamides is 1. The SMILES string of the molecule is O=C(NO)c1ccc(-c2csc(NS(=O)(=O)c3ccccc3)n2)s1. The zero-order valence-corrected chi connectivity index (χ0v) is 14.4. The topological polar surface area (TPSA) is 108 Å². The number of benzene rings is 1. The summed E-state index contributed by atoms with van der Waals surface area (Å²) in [6.45, 7) is 0. The molecule has 0 spiro atoms. The van der Waals surface area contributed by atoms with Gasteiger partial charge in [0.25, 0.3) is 15.9 Å². The zero-order valence-electron chi connectivity index (χ0n) is 12.0. The van der Waals surface area contributed by atoms with Gasteiger partial charge in [-0.05, 0) is 24.3 Å². The summed E-state index contributed by atoms with van der Waals surface area (Å²) in [6.07, 6.45) is 0. The van der Waals surface area contributed by atoms with Crippen LogP contribution in [0.15, 0.2) is 52.7 Å². The molecule has 0 aliphatic rings. The molecule has 2 aromatic heterocycles. The zero-order chi connectivity index (χ0) is 17.2. The van der Waals surface area contributed by atoms with E-state index in [4.69, 9.17) is 5.21 Å². The third-order valence-electron chi connectivity index (χ3n) is 2.96. The van der Waals surface area contributed by atoms with Crippen molar-refractivity contribution in [3.05, 3.63) is 52.7 Å². The van der Waals surface area contributed by atoms with Crippen LogP contribution in [0.4, 0.5) is 5.13 Å². The van der Waals surface area contributed by atoms with Crippen molar-refractivity contribution >= 4 is 43.7 Å². The second-order valence-corrected chi connectivity index (χ2v) is 8.19. The Labute approximate surface area is 145 Å². The molecule has 0 aliphatic heterocycles. The van der Waals surface area contributed by atoms with E-state index in [2.05, 4.69) is 9.71 Å². The molecule has 0 fully saturated rings. The van der Waals surface area contributed by atoms with E-state index in [1.54, 1.807) is 41.2 Å². The molecule has 0 radical (unpaired) electrons. The van der Waals surface area contributed by atoms with Gasteiger partial charge in [-0.15, -0.1) is 22.7 Å². The maximum Gasteiger partial charge on any atom is 0.284 e. The fraction of sp³-hybridized carbons (Fsp3) is 0. The number of rotatable bonds is 5. The van der Waals surface area contributed by atoms with E-state index < -0.39 is 15.9 Å². The van der Waals surface area contributed by atoms with Crippen molar-refractivity contribution in [3.63, 3.8) is 0 Å². The molecule has 1 aromatic carbocycles. The lowest BCUT2D eigenvalue weighted by molar-refractivity contribution is 0.0711. The number of hydroxylamine groups is 1. The standard InChI is InChI=1S/C14H11N3O4S3/c18-13(16-19)12-7-6-11(23-12)10-8-22-14(15-10)17-24(20,21)9-4-2-1-3-5-9/h1-8,19H,(H,15,17)(H,16,18). The highest BCUT2D eigenvalue weighted by Crippen LogP contribution is 2.31. The Morgan fingerprint density at radius 2 is 1.88 bits per heavy atom. The third kappa shape index (κ3) is 3.46. The number of carbonyl (C=O) groups is 1. The quantitative estimate of drug-likeness (QED) is 0.465. The van der Waals surface area contributed by atoms with Gasteiger partial charge in [-0.2, -0.15) is 0 Å². The van der Waals surface area contributed by atoms with E-state index in [-0.39, 0.29) is 10.0 Å². The molecule has 24 heavy (non-hydrogen) atoms. The van der Waals surface area contributed by atoms with Gasteiger partial charge in [0, 0.05) is 5.38 Å². The summed E-state index contributed by atoms with van der Waals surface area (Å²) in [6, 6.07) is 11.2. The summed E-state index contributed by atoms with van der Waals surface area (Å²) in [5.41, 5.74) is 2.11. The molecule has 2 heterocycles. The fourth-order valence-electron chi connectivity index (χ4n) is 1.86. The van der Waals surface area contributed by atoms with Gasteiger partial charge >= 0.3 is 0 Å². The number of hydrogen-bond acceptors (Lipinski definition) is 7. The number of thiazole rings is 1. The molecule has 10 heteroatoms. The second kappa shape index (κ2) is 6.69. The summed E-state index contributed by atoms with van der Waals surface area (Å²) in [4.78, 5) is 16.8. The van der Waals surface area contributed by atoms with E-state index in [1.165, 1.54) is 12.1 Å². The summed E-state index contributed by atoms with van der Waals surface area (Å²) < 4.78 is 26.9. The largest absolute Gasteiger partial charge is 0.288 e. The van der Waals surface area contributed by atoms with Crippen LogP contribution in [-0.2, 0) is 10.0 Å². The smallest absolute Gasteiger partial charge is 0.284 e. The molecule has 124 valence electrons. The van der Waals surface area contributed by atoms with Crippen LogP contribution >= 0.6 is 22.7 Å². The summed E-state index contributed by atoms with van der Waals surface area (Å²) in [5, 5.41) is 10.5. The number of anilines is 1. The van der Waals surface area contributed by atoms with Crippen molar-refractivity contribution < 1.29 is 18.4 Å². The molecule has 3 rings (SSSR count). The van der Waals surface area contributed by atoms with Gasteiger partial charge in [0.15, 0.2) is 5.13 Å². The molecule has 1 amide bonds. The van der Waals surface area contributed by atoms with Crippen LogP contribution in [-0.4, -0.2) is 24.5 Å². The van der Waals surface area contributed by atoms with Gasteiger partial charge in [-0.25, -0.2) is 18.9 Å². The Balaban J connectivity index is 1.81. The maximum absolute atomic E-state index is 12.3. The number of hydrogen-bond donors (Lipinski definition) is 3. The third-order valence-corrected chi connectivity index (χ3v) is 6.31. The average molecular weight is 381 g/mol. The molecule has 3 N–H and O–H groups in total. The molecule has 0 aliphatic carbocycles. The van der Waals surface area contributed by atoms with Crippen LogP contribution < -0.4 is 10.2 Å². The number of thiophene rings is 1. The highest BCUT2D eigenvalue weighted by molar-refractivity contribution is 7.93. The molecular formula is C14H11N3O4S3. The summed E-state index contributed by atoms with van der Waals surface area (Å²) in [5.74, 6) is -0.605. The second-order valence-electron chi connectivity index (χ2n) is 4.56. The number of nitrogens with zero attached hydrogens (tertiary/aromatic N) is 1. The Bertz CT molecular complexity index is 964. The van der Waals surface area contributed by atoms with Gasteiger partial charge in [0.05, 0.1) is 20.3 Å². The van der Waals surface area contributed by atoms with Crippen molar-refractivity contribution in [2.75, 3.05) is 4.72 Å². The highest BCUT2D eigenvalue weighted by Gasteiger charge is 2.17. The summed E-state index contributed by atoms with van der Waals surface area (Å²) in [7, 11) is -3.69. The number of carbonyl (C=O) groups excluding carboxylic acids is 1. The van der Waals surface area contributed by atoms with Crippen LogP contribution in [0.1, 0.15) is 9.67 Å². The lowest BCUT2D eigenvalue weighted by Gasteiger charge is -2.04. The van der Waals surface area contributed by atoms with Crippen molar-refractivity contribution in [3.8, 4) is 10.6 Å². The molecule has 0 unspecified atom stereocenters. The Morgan fingerprint density at radius 1 is 1.12 bits per heavy atom. The minimum Gasteiger partial charge on any atom is -0.288 e. The van der Waals surface area contributed by atoms with Crippen LogP contribution in [0.25, 0.3) is 10.6 Å². The first kappa shape index (κ1) is 16.6. The highest BCUT2D eigenvalue weighted by atomic mass is 32.2. The average Bonchev–Trinajstić information content (AvgIpc) is 3.24. The molecule has 0 atom stereocenters. The van der Waals surface area contributed by atoms with E-state index in [1.807, 2.05) is 0 Å².